The number of carboxylic acids is 1. The molecule has 7 nitrogen and oxygen atoms in total. The zero-order valence-electron chi connectivity index (χ0n) is 17.2. The van der Waals surface area contributed by atoms with Crippen molar-refractivity contribution in [3.05, 3.63) is 75.8 Å². The van der Waals surface area contributed by atoms with E-state index in [2.05, 4.69) is 4.90 Å². The number of likely N-dealkylation sites (N-methyl/N-ethyl adjacent to an activating group) is 1. The number of pyridine rings is 1. The first kappa shape index (κ1) is 19.6. The maximum absolute atomic E-state index is 15.0. The van der Waals surface area contributed by atoms with E-state index in [9.17, 15) is 14.7 Å². The van der Waals surface area contributed by atoms with Crippen molar-refractivity contribution in [1.82, 2.24) is 9.58 Å². The summed E-state index contributed by atoms with van der Waals surface area (Å²) >= 11 is 0. The predicted octanol–water partition coefficient (Wildman–Crippen LogP) is 2.28. The minimum absolute atomic E-state index is 0.0747. The molecule has 2 saturated heterocycles. The van der Waals surface area contributed by atoms with Gasteiger partial charge in [-0.05, 0) is 24.7 Å². The Kier molecular flexibility index (Phi) is 4.66. The molecule has 1 aromatic heterocycles. The number of aromatic carboxylic acids is 1. The molecule has 3 aromatic rings. The highest BCUT2D eigenvalue weighted by Gasteiger charge is 2.37. The summed E-state index contributed by atoms with van der Waals surface area (Å²) in [6.45, 7) is 3.70. The summed E-state index contributed by atoms with van der Waals surface area (Å²) in [5.41, 5.74) is 1.03. The first-order chi connectivity index (χ1) is 14.9. The number of benzene rings is 2. The molecule has 1 unspecified atom stereocenters. The third-order valence-corrected chi connectivity index (χ3v) is 6.17. The third-order valence-electron chi connectivity index (χ3n) is 6.17. The molecule has 0 spiro atoms. The molecule has 0 amide bonds. The van der Waals surface area contributed by atoms with E-state index in [1.54, 1.807) is 10.7 Å². The number of nitrogens with zero attached hydrogens (tertiary/aromatic N) is 4. The highest BCUT2D eigenvalue weighted by Crippen LogP contribution is 2.35. The second-order valence-corrected chi connectivity index (χ2v) is 8.18. The highest BCUT2D eigenvalue weighted by molar-refractivity contribution is 5.93. The molecule has 0 bridgehead atoms. The van der Waals surface area contributed by atoms with E-state index in [-0.39, 0.29) is 17.0 Å². The molecule has 2 aromatic carbocycles. The number of halogens is 1. The molecule has 5 rings (SSSR count). The number of carboxylic acid groups (broad SMARTS) is 1. The van der Waals surface area contributed by atoms with Crippen LogP contribution in [0.25, 0.3) is 10.9 Å². The van der Waals surface area contributed by atoms with Crippen LogP contribution in [0.3, 0.4) is 0 Å². The topological polar surface area (TPSA) is 68.8 Å². The lowest BCUT2D eigenvalue weighted by Gasteiger charge is -2.34. The van der Waals surface area contributed by atoms with E-state index >= 15 is 4.39 Å². The predicted molar refractivity (Wildman–Crippen MR) is 117 cm³/mol. The van der Waals surface area contributed by atoms with Gasteiger partial charge in [0, 0.05) is 32.4 Å². The fourth-order valence-electron chi connectivity index (χ4n) is 4.29. The number of rotatable bonds is 4. The van der Waals surface area contributed by atoms with E-state index in [0.717, 1.165) is 18.7 Å². The largest absolute Gasteiger partial charge is 0.477 e. The van der Waals surface area contributed by atoms with Crippen molar-refractivity contribution in [2.45, 2.75) is 6.04 Å². The van der Waals surface area contributed by atoms with Gasteiger partial charge in [0.25, 0.3) is 0 Å². The lowest BCUT2D eigenvalue weighted by Crippen LogP contribution is -2.44. The van der Waals surface area contributed by atoms with Gasteiger partial charge in [0.05, 0.1) is 29.2 Å². The fraction of sp³-hybridized carbons (Fsp3) is 0.304. The summed E-state index contributed by atoms with van der Waals surface area (Å²) in [6.07, 6.45) is 1.36. The summed E-state index contributed by atoms with van der Waals surface area (Å²) < 4.78 is 16.7. The van der Waals surface area contributed by atoms with Crippen LogP contribution in [0, 0.1) is 5.82 Å². The number of piperazine rings is 1. The first-order valence-electron chi connectivity index (χ1n) is 10.3. The van der Waals surface area contributed by atoms with Gasteiger partial charge in [0.2, 0.25) is 5.43 Å². The molecule has 1 atom stereocenters. The Hall–Kier alpha value is -3.39. The Morgan fingerprint density at radius 1 is 1.10 bits per heavy atom. The van der Waals surface area contributed by atoms with E-state index in [4.69, 9.17) is 0 Å². The van der Waals surface area contributed by atoms with Gasteiger partial charge < -0.3 is 19.9 Å². The Balaban J connectivity index is 1.64. The molecule has 8 heteroatoms. The number of hydrogen-bond acceptors (Lipinski definition) is 5. The monoisotopic (exact) mass is 422 g/mol. The van der Waals surface area contributed by atoms with Crippen LogP contribution in [-0.4, -0.2) is 60.4 Å². The molecule has 2 fully saturated rings. The van der Waals surface area contributed by atoms with Gasteiger partial charge in [-0.2, -0.15) is 0 Å². The van der Waals surface area contributed by atoms with Crippen molar-refractivity contribution in [2.24, 2.45) is 0 Å². The Morgan fingerprint density at radius 3 is 2.48 bits per heavy atom. The van der Waals surface area contributed by atoms with Gasteiger partial charge in [-0.1, -0.05) is 30.3 Å². The maximum Gasteiger partial charge on any atom is 0.341 e. The molecule has 2 aliphatic heterocycles. The summed E-state index contributed by atoms with van der Waals surface area (Å²) in [4.78, 5) is 28.7. The summed E-state index contributed by atoms with van der Waals surface area (Å²) in [5.74, 6) is -1.82. The molecule has 31 heavy (non-hydrogen) atoms. The number of aromatic nitrogens is 1. The summed E-state index contributed by atoms with van der Waals surface area (Å²) in [5, 5.41) is 11.6. The smallest absolute Gasteiger partial charge is 0.341 e. The van der Waals surface area contributed by atoms with Crippen LogP contribution in [0.2, 0.25) is 0 Å². The number of anilines is 1. The van der Waals surface area contributed by atoms with E-state index in [0.29, 0.717) is 30.8 Å². The number of carbonyl (C=O) groups is 1. The molecule has 1 N–H and O–H groups in total. The van der Waals surface area contributed by atoms with E-state index in [1.807, 2.05) is 47.3 Å². The van der Waals surface area contributed by atoms with Gasteiger partial charge >= 0.3 is 5.97 Å². The SMILES string of the molecule is CN1CCN(c2cc3c(cc2F)c(=O)c(C(=O)O)cn3N2CC2c2ccccc2)CC1. The molecular weight excluding hydrogens is 399 g/mol. The van der Waals surface area contributed by atoms with Gasteiger partial charge in [0.1, 0.15) is 11.4 Å². The van der Waals surface area contributed by atoms with Crippen molar-refractivity contribution in [1.29, 1.82) is 0 Å². The molecule has 3 heterocycles. The van der Waals surface area contributed by atoms with E-state index < -0.39 is 17.2 Å². The van der Waals surface area contributed by atoms with Crippen molar-refractivity contribution in [3.8, 4) is 0 Å². The Labute approximate surface area is 178 Å². The van der Waals surface area contributed by atoms with Crippen molar-refractivity contribution >= 4 is 22.6 Å². The molecule has 0 aliphatic carbocycles. The average molecular weight is 422 g/mol. The zero-order chi connectivity index (χ0) is 21.7. The standard InChI is InChI=1S/C23H23FN4O3/c1-25-7-9-26(10-8-25)20-12-19-16(11-18(20)24)22(29)17(23(30)31)13-27(19)28-14-21(28)15-5-3-2-4-6-15/h2-6,11-13,21H,7-10,14H2,1H3,(H,30,31). The number of hydrogen-bond donors (Lipinski definition) is 1. The van der Waals surface area contributed by atoms with Crippen LogP contribution in [-0.2, 0) is 0 Å². The van der Waals surface area contributed by atoms with Crippen molar-refractivity contribution < 1.29 is 14.3 Å². The van der Waals surface area contributed by atoms with Crippen molar-refractivity contribution in [2.75, 3.05) is 49.7 Å². The summed E-state index contributed by atoms with van der Waals surface area (Å²) in [7, 11) is 2.03. The van der Waals surface area contributed by atoms with Gasteiger partial charge in [-0.15, -0.1) is 0 Å². The summed E-state index contributed by atoms with van der Waals surface area (Å²) in [6, 6.07) is 12.8. The average Bonchev–Trinajstić information content (AvgIpc) is 3.56. The van der Waals surface area contributed by atoms with Crippen LogP contribution in [0.1, 0.15) is 22.0 Å². The van der Waals surface area contributed by atoms with Gasteiger partial charge in [0.15, 0.2) is 0 Å². The van der Waals surface area contributed by atoms with Crippen LogP contribution in [0.15, 0.2) is 53.5 Å². The Morgan fingerprint density at radius 2 is 1.81 bits per heavy atom. The van der Waals surface area contributed by atoms with Gasteiger partial charge in [-0.3, -0.25) is 9.47 Å². The van der Waals surface area contributed by atoms with Crippen LogP contribution in [0.4, 0.5) is 10.1 Å². The lowest BCUT2D eigenvalue weighted by atomic mass is 10.1. The molecule has 0 saturated carbocycles. The molecule has 160 valence electrons. The highest BCUT2D eigenvalue weighted by atomic mass is 19.1. The van der Waals surface area contributed by atoms with Crippen LogP contribution >= 0.6 is 0 Å². The zero-order valence-corrected chi connectivity index (χ0v) is 17.2. The minimum atomic E-state index is -1.32. The molecule has 2 aliphatic rings. The van der Waals surface area contributed by atoms with E-state index in [1.165, 1.54) is 12.3 Å². The van der Waals surface area contributed by atoms with Crippen LogP contribution in [0.5, 0.6) is 0 Å². The third kappa shape index (κ3) is 3.42. The second kappa shape index (κ2) is 7.39. The maximum atomic E-state index is 15.0. The number of fused-ring (bicyclic) bond motifs is 1. The van der Waals surface area contributed by atoms with Crippen molar-refractivity contribution in [3.63, 3.8) is 0 Å². The van der Waals surface area contributed by atoms with Crippen LogP contribution < -0.4 is 15.3 Å². The Bertz CT molecular complexity index is 1220. The minimum Gasteiger partial charge on any atom is -0.477 e. The van der Waals surface area contributed by atoms with Gasteiger partial charge in [-0.25, -0.2) is 9.18 Å². The fourth-order valence-corrected chi connectivity index (χ4v) is 4.29. The second-order valence-electron chi connectivity index (χ2n) is 8.18. The molecular formula is C23H23FN4O3. The normalized spacial score (nSPS) is 19.1. The lowest BCUT2D eigenvalue weighted by molar-refractivity contribution is 0.0695. The first-order valence-corrected chi connectivity index (χ1v) is 10.3. The molecule has 0 radical (unpaired) electrons. The quantitative estimate of drug-likeness (QED) is 0.651.